The van der Waals surface area contributed by atoms with Crippen LogP contribution >= 0.6 is 11.3 Å². The number of aromatic nitrogens is 1. The van der Waals surface area contributed by atoms with E-state index in [9.17, 15) is 9.00 Å². The summed E-state index contributed by atoms with van der Waals surface area (Å²) in [4.78, 5) is 15.1. The Labute approximate surface area is 114 Å². The van der Waals surface area contributed by atoms with Gasteiger partial charge in [-0.2, -0.15) is 0 Å². The number of thiazole rings is 1. The molecule has 102 valence electrons. The Morgan fingerprint density at radius 1 is 1.56 bits per heavy atom. The predicted molar refractivity (Wildman–Crippen MR) is 74.3 cm³/mol. The van der Waals surface area contributed by atoms with Crippen molar-refractivity contribution in [1.82, 2.24) is 4.98 Å². The first-order valence-electron chi connectivity index (χ1n) is 5.73. The Morgan fingerprint density at radius 3 is 2.61 bits per heavy atom. The van der Waals surface area contributed by atoms with Crippen LogP contribution in [0.3, 0.4) is 0 Å². The van der Waals surface area contributed by atoms with Gasteiger partial charge in [-0.05, 0) is 0 Å². The molecule has 1 N–H and O–H groups in total. The van der Waals surface area contributed by atoms with E-state index in [-0.39, 0.29) is 11.2 Å². The summed E-state index contributed by atoms with van der Waals surface area (Å²) in [5.74, 6) is -0.955. The maximum Gasteiger partial charge on any atom is 0.307 e. The zero-order chi connectivity index (χ0) is 13.9. The van der Waals surface area contributed by atoms with E-state index in [0.29, 0.717) is 5.75 Å². The average Bonchev–Trinajstić information content (AvgIpc) is 2.64. The molecule has 0 fully saturated rings. The summed E-state index contributed by atoms with van der Waals surface area (Å²) in [6.45, 7) is 7.81. The zero-order valence-corrected chi connectivity index (χ0v) is 12.7. The lowest BCUT2D eigenvalue weighted by molar-refractivity contribution is -0.140. The molecule has 0 amide bonds. The Balaban J connectivity index is 2.60. The molecule has 0 aliphatic rings. The van der Waals surface area contributed by atoms with Gasteiger partial charge in [-0.1, -0.05) is 27.7 Å². The van der Waals surface area contributed by atoms with Crippen molar-refractivity contribution in [1.29, 1.82) is 0 Å². The minimum absolute atomic E-state index is 0.00933. The van der Waals surface area contributed by atoms with Gasteiger partial charge in [-0.25, -0.2) is 4.98 Å². The van der Waals surface area contributed by atoms with Gasteiger partial charge >= 0.3 is 5.97 Å². The fourth-order valence-corrected chi connectivity index (χ4v) is 3.90. The Bertz CT molecular complexity index is 448. The summed E-state index contributed by atoms with van der Waals surface area (Å²) < 4.78 is 11.8. The molecular formula is C12H19NO3S2. The van der Waals surface area contributed by atoms with Gasteiger partial charge in [0.1, 0.15) is 5.01 Å². The summed E-state index contributed by atoms with van der Waals surface area (Å²) in [6, 6.07) is 0. The molecule has 0 radical (unpaired) electrons. The highest BCUT2D eigenvalue weighted by Gasteiger charge is 2.19. The molecule has 4 nitrogen and oxygen atoms in total. The second kappa shape index (κ2) is 5.93. The highest BCUT2D eigenvalue weighted by Crippen LogP contribution is 2.24. The van der Waals surface area contributed by atoms with E-state index in [1.165, 1.54) is 11.3 Å². The molecule has 1 aromatic heterocycles. The van der Waals surface area contributed by atoms with E-state index in [1.807, 2.05) is 5.38 Å². The van der Waals surface area contributed by atoms with Crippen molar-refractivity contribution < 1.29 is 14.1 Å². The van der Waals surface area contributed by atoms with Crippen LogP contribution in [0.15, 0.2) is 5.38 Å². The average molecular weight is 289 g/mol. The van der Waals surface area contributed by atoms with Gasteiger partial charge in [0, 0.05) is 27.3 Å². The molecule has 6 heteroatoms. The number of rotatable bonds is 5. The van der Waals surface area contributed by atoms with Gasteiger partial charge in [0.05, 0.1) is 17.4 Å². The van der Waals surface area contributed by atoms with E-state index in [4.69, 9.17) is 5.11 Å². The van der Waals surface area contributed by atoms with Crippen LogP contribution in [0.25, 0.3) is 0 Å². The van der Waals surface area contributed by atoms with E-state index in [0.717, 1.165) is 10.7 Å². The van der Waals surface area contributed by atoms with E-state index >= 15 is 0 Å². The SMILES string of the molecule is CC(CS(=O)Cc1nc(C(C)(C)C)cs1)C(=O)O. The number of carboxylic acid groups (broad SMARTS) is 1. The van der Waals surface area contributed by atoms with Crippen LogP contribution in [0.4, 0.5) is 0 Å². The summed E-state index contributed by atoms with van der Waals surface area (Å²) in [5, 5.41) is 11.6. The number of aliphatic carboxylic acids is 1. The molecule has 1 heterocycles. The maximum atomic E-state index is 11.8. The van der Waals surface area contributed by atoms with Crippen LogP contribution in [-0.4, -0.2) is 26.0 Å². The largest absolute Gasteiger partial charge is 0.481 e. The first kappa shape index (κ1) is 15.3. The van der Waals surface area contributed by atoms with Gasteiger partial charge in [0.2, 0.25) is 0 Å². The third-order valence-electron chi connectivity index (χ3n) is 2.46. The summed E-state index contributed by atoms with van der Waals surface area (Å²) >= 11 is 1.49. The molecule has 1 aromatic rings. The topological polar surface area (TPSA) is 67.3 Å². The molecule has 18 heavy (non-hydrogen) atoms. The smallest absolute Gasteiger partial charge is 0.307 e. The molecule has 0 saturated carbocycles. The number of carboxylic acids is 1. The van der Waals surface area contributed by atoms with E-state index in [1.54, 1.807) is 6.92 Å². The standard InChI is InChI=1S/C12H19NO3S2/c1-8(11(14)15)6-18(16)7-10-13-9(5-17-10)12(2,3)4/h5,8H,6-7H2,1-4H3,(H,14,15). The highest BCUT2D eigenvalue weighted by atomic mass is 32.2. The van der Waals surface area contributed by atoms with E-state index < -0.39 is 22.7 Å². The molecule has 0 aliphatic carbocycles. The fourth-order valence-electron chi connectivity index (χ4n) is 1.27. The quantitative estimate of drug-likeness (QED) is 0.904. The van der Waals surface area contributed by atoms with E-state index in [2.05, 4.69) is 25.8 Å². The summed E-state index contributed by atoms with van der Waals surface area (Å²) in [5.41, 5.74) is 0.982. The molecule has 0 saturated heterocycles. The summed E-state index contributed by atoms with van der Waals surface area (Å²) in [7, 11) is -1.17. The molecule has 0 spiro atoms. The van der Waals surface area contributed by atoms with Crippen molar-refractivity contribution in [2.45, 2.75) is 38.9 Å². The number of nitrogens with zero attached hydrogens (tertiary/aromatic N) is 1. The minimum Gasteiger partial charge on any atom is -0.481 e. The van der Waals surface area contributed by atoms with Crippen LogP contribution < -0.4 is 0 Å². The van der Waals surface area contributed by atoms with Gasteiger partial charge in [-0.3, -0.25) is 9.00 Å². The minimum atomic E-state index is -1.17. The van der Waals surface area contributed by atoms with Gasteiger partial charge in [0.15, 0.2) is 0 Å². The molecule has 0 bridgehead atoms. The lowest BCUT2D eigenvalue weighted by Gasteiger charge is -2.14. The van der Waals surface area contributed by atoms with Crippen LogP contribution in [0.5, 0.6) is 0 Å². The first-order chi connectivity index (χ1) is 8.20. The molecule has 2 atom stereocenters. The normalized spacial score (nSPS) is 15.3. The third kappa shape index (κ3) is 4.49. The fraction of sp³-hybridized carbons (Fsp3) is 0.667. The van der Waals surface area contributed by atoms with Crippen molar-refractivity contribution in [3.63, 3.8) is 0 Å². The maximum absolute atomic E-state index is 11.8. The molecule has 0 aromatic carbocycles. The third-order valence-corrected chi connectivity index (χ3v) is 4.96. The van der Waals surface area contributed by atoms with Gasteiger partial charge in [-0.15, -0.1) is 11.3 Å². The molecule has 0 aliphatic heterocycles. The number of carbonyl (C=O) groups is 1. The first-order valence-corrected chi connectivity index (χ1v) is 8.09. The second-order valence-electron chi connectivity index (χ2n) is 5.37. The van der Waals surface area contributed by atoms with Crippen LogP contribution in [0.2, 0.25) is 0 Å². The van der Waals surface area contributed by atoms with Gasteiger partial charge < -0.3 is 5.11 Å². The number of hydrogen-bond acceptors (Lipinski definition) is 4. The predicted octanol–water partition coefficient (Wildman–Crippen LogP) is 2.41. The van der Waals surface area contributed by atoms with Crippen molar-refractivity contribution in [2.24, 2.45) is 5.92 Å². The van der Waals surface area contributed by atoms with Crippen LogP contribution in [-0.2, 0) is 26.8 Å². The van der Waals surface area contributed by atoms with Crippen molar-refractivity contribution >= 4 is 28.1 Å². The summed E-state index contributed by atoms with van der Waals surface area (Å²) in [6.07, 6.45) is 0. The Hall–Kier alpha value is -0.750. The zero-order valence-electron chi connectivity index (χ0n) is 11.1. The lowest BCUT2D eigenvalue weighted by Crippen LogP contribution is -2.18. The monoisotopic (exact) mass is 289 g/mol. The lowest BCUT2D eigenvalue weighted by atomic mass is 9.93. The van der Waals surface area contributed by atoms with Crippen LogP contribution in [0, 0.1) is 5.92 Å². The van der Waals surface area contributed by atoms with Crippen LogP contribution in [0.1, 0.15) is 38.4 Å². The highest BCUT2D eigenvalue weighted by molar-refractivity contribution is 7.84. The molecule has 1 rings (SSSR count). The second-order valence-corrected chi connectivity index (χ2v) is 7.81. The molecule has 2 unspecified atom stereocenters. The molecular weight excluding hydrogens is 270 g/mol. The van der Waals surface area contributed by atoms with Crippen molar-refractivity contribution in [2.75, 3.05) is 5.75 Å². The van der Waals surface area contributed by atoms with Crippen molar-refractivity contribution in [3.05, 3.63) is 16.1 Å². The Morgan fingerprint density at radius 2 is 2.17 bits per heavy atom. The Kier molecular flexibility index (Phi) is 5.04. The van der Waals surface area contributed by atoms with Crippen molar-refractivity contribution in [3.8, 4) is 0 Å². The van der Waals surface area contributed by atoms with Gasteiger partial charge in [0.25, 0.3) is 0 Å². The number of hydrogen-bond donors (Lipinski definition) is 1.